The summed E-state index contributed by atoms with van der Waals surface area (Å²) in [4.78, 5) is 63.8. The van der Waals surface area contributed by atoms with E-state index in [0.29, 0.717) is 35.6 Å². The van der Waals surface area contributed by atoms with Gasteiger partial charge in [-0.05, 0) is 64.6 Å². The van der Waals surface area contributed by atoms with E-state index in [2.05, 4.69) is 35.7 Å². The van der Waals surface area contributed by atoms with Gasteiger partial charge < -0.3 is 28.8 Å². The van der Waals surface area contributed by atoms with Crippen LogP contribution in [0.15, 0.2) is 41.3 Å². The molecule has 2 amide bonds. The fraction of sp³-hybridized carbons (Fsp3) is 0.381. The number of carbonyl (C=O) groups excluding carboxylic acids is 2. The first-order chi connectivity index (χ1) is 30.7. The largest absolute Gasteiger partial charge is 0.491 e. The summed E-state index contributed by atoms with van der Waals surface area (Å²) < 4.78 is 47.9. The topological polar surface area (TPSA) is 226 Å². The molecule has 0 aliphatic carbocycles. The normalized spacial score (nSPS) is 13.4. The highest BCUT2D eigenvalue weighted by atomic mass is 32.2. The smallest absolute Gasteiger partial charge is 0.335 e. The Morgan fingerprint density at radius 3 is 1.80 bits per heavy atom. The van der Waals surface area contributed by atoms with Crippen molar-refractivity contribution in [2.45, 2.75) is 65.2 Å². The number of hydrogen-bond donors (Lipinski definition) is 4. The lowest BCUT2D eigenvalue weighted by atomic mass is 10.2. The minimum Gasteiger partial charge on any atom is -0.491 e. The Hall–Kier alpha value is -6.65. The number of fused-ring (bicyclic) bond motifs is 2. The minimum absolute atomic E-state index is 0.00301. The number of nitrogens with one attached hydrogen (secondary N) is 2. The first-order valence-corrected chi connectivity index (χ1v) is 21.7. The summed E-state index contributed by atoms with van der Waals surface area (Å²) in [5.74, 6) is -5.48. The highest BCUT2D eigenvalue weighted by Gasteiger charge is 2.27. The van der Waals surface area contributed by atoms with E-state index in [1.807, 2.05) is 0 Å². The number of aromatic carboxylic acids is 2. The highest BCUT2D eigenvalue weighted by Crippen LogP contribution is 2.34. The van der Waals surface area contributed by atoms with E-state index >= 15 is 8.78 Å². The Bertz CT molecular complexity index is 2810. The Morgan fingerprint density at radius 1 is 0.797 bits per heavy atom. The average Bonchev–Trinajstić information content (AvgIpc) is 3.99. The van der Waals surface area contributed by atoms with Crippen molar-refractivity contribution in [2.75, 3.05) is 56.3 Å². The fourth-order valence-corrected chi connectivity index (χ4v) is 8.16. The van der Waals surface area contributed by atoms with Gasteiger partial charge >= 0.3 is 11.9 Å². The third kappa shape index (κ3) is 9.19. The average molecular weight is 904 g/mol. The number of anilines is 2. The molecule has 1 aliphatic rings. The summed E-state index contributed by atoms with van der Waals surface area (Å²) >= 11 is 1.27. The Balaban J connectivity index is 1.27. The fourth-order valence-electron chi connectivity index (χ4n) is 7.51. The van der Waals surface area contributed by atoms with Crippen molar-refractivity contribution in [3.63, 3.8) is 0 Å². The molecule has 7 rings (SSSR count). The molecule has 19 nitrogen and oxygen atoms in total. The second kappa shape index (κ2) is 19.4. The summed E-state index contributed by atoms with van der Waals surface area (Å²) in [6, 6.07) is 5.61. The van der Waals surface area contributed by atoms with E-state index in [9.17, 15) is 29.4 Å². The van der Waals surface area contributed by atoms with E-state index in [1.54, 1.807) is 41.4 Å². The van der Waals surface area contributed by atoms with Crippen molar-refractivity contribution < 1.29 is 47.6 Å². The Kier molecular flexibility index (Phi) is 13.7. The molecule has 0 saturated carbocycles. The first-order valence-electron chi connectivity index (χ1n) is 20.5. The number of imidazole rings is 2. The number of benzene rings is 2. The van der Waals surface area contributed by atoms with Gasteiger partial charge in [0.05, 0.1) is 58.9 Å². The number of hydrogen-bond acceptors (Lipinski definition) is 12. The molecule has 22 heteroatoms. The molecule has 1 saturated heterocycles. The van der Waals surface area contributed by atoms with Gasteiger partial charge in [0.25, 0.3) is 11.8 Å². The van der Waals surface area contributed by atoms with Gasteiger partial charge in [0.2, 0.25) is 11.9 Å². The van der Waals surface area contributed by atoms with Crippen molar-refractivity contribution in [1.82, 2.24) is 43.6 Å². The number of ether oxygens (including phenoxy) is 2. The Morgan fingerprint density at radius 2 is 1.30 bits per heavy atom. The zero-order valence-electron chi connectivity index (χ0n) is 35.8. The van der Waals surface area contributed by atoms with Crippen molar-refractivity contribution in [2.24, 2.45) is 0 Å². The molecule has 0 radical (unpaired) electrons. The molecule has 1 fully saturated rings. The molecule has 6 aromatic rings. The van der Waals surface area contributed by atoms with Crippen molar-refractivity contribution >= 4 is 69.5 Å². The number of allylic oxidation sites excluding steroid dienone is 2. The summed E-state index contributed by atoms with van der Waals surface area (Å²) in [5.41, 5.74) is 0.639. The van der Waals surface area contributed by atoms with Crippen molar-refractivity contribution in [3.05, 3.63) is 82.0 Å². The Labute approximate surface area is 369 Å². The maximum Gasteiger partial charge on any atom is 0.335 e. The second-order valence-electron chi connectivity index (χ2n) is 14.8. The van der Waals surface area contributed by atoms with Crippen LogP contribution in [0.4, 0.5) is 20.7 Å². The van der Waals surface area contributed by atoms with Gasteiger partial charge in [-0.1, -0.05) is 12.2 Å². The number of nitrogens with zero attached hydrogens (tertiary/aromatic N) is 9. The summed E-state index contributed by atoms with van der Waals surface area (Å²) in [6.45, 7) is 10.6. The lowest BCUT2D eigenvalue weighted by molar-refractivity contribution is 0.0358. The van der Waals surface area contributed by atoms with Crippen LogP contribution in [0.2, 0.25) is 0 Å². The SMILES string of the molecule is CCn1nc(C)c(F)c1C(=O)Nc1nc2cc(C(=O)O)cc(OCCCN3CCOCC3)c2n1CC=CCn1c(NC(=O)c2c(F)c(C)nn2CC)nc2cc(C(=O)O)cc(SC)c21. The number of morpholine rings is 1. The molecule has 1 aliphatic heterocycles. The van der Waals surface area contributed by atoms with Crippen LogP contribution in [0.5, 0.6) is 5.75 Å². The monoisotopic (exact) mass is 903 g/mol. The molecule has 64 heavy (non-hydrogen) atoms. The maximum atomic E-state index is 15.3. The van der Waals surface area contributed by atoms with Gasteiger partial charge in [-0.25, -0.2) is 28.3 Å². The lowest BCUT2D eigenvalue weighted by Gasteiger charge is -2.26. The van der Waals surface area contributed by atoms with E-state index in [-0.39, 0.29) is 95.4 Å². The molecule has 4 aromatic heterocycles. The number of amides is 2. The number of rotatable bonds is 18. The van der Waals surface area contributed by atoms with E-state index < -0.39 is 35.4 Å². The number of aryl methyl sites for hydroxylation is 4. The van der Waals surface area contributed by atoms with Crippen molar-refractivity contribution in [3.8, 4) is 5.75 Å². The number of carboxylic acid groups (broad SMARTS) is 2. The van der Waals surface area contributed by atoms with Crippen LogP contribution >= 0.6 is 11.8 Å². The van der Waals surface area contributed by atoms with E-state index in [1.165, 1.54) is 59.2 Å². The van der Waals surface area contributed by atoms with Crippen LogP contribution in [-0.4, -0.2) is 123 Å². The molecular formula is C42H47F2N11O8S. The number of aromatic nitrogens is 8. The third-order valence-electron chi connectivity index (χ3n) is 10.6. The molecule has 338 valence electrons. The minimum atomic E-state index is -1.22. The van der Waals surface area contributed by atoms with Crippen LogP contribution < -0.4 is 15.4 Å². The number of carboxylic acids is 2. The van der Waals surface area contributed by atoms with Gasteiger partial charge in [-0.2, -0.15) is 10.2 Å². The van der Waals surface area contributed by atoms with Crippen LogP contribution in [0.25, 0.3) is 22.1 Å². The van der Waals surface area contributed by atoms with Crippen LogP contribution in [0, 0.1) is 25.5 Å². The van der Waals surface area contributed by atoms with E-state index in [0.717, 1.165) is 19.6 Å². The summed E-state index contributed by atoms with van der Waals surface area (Å²) in [6.07, 6.45) is 5.84. The summed E-state index contributed by atoms with van der Waals surface area (Å²) in [5, 5.41) is 33.5. The summed E-state index contributed by atoms with van der Waals surface area (Å²) in [7, 11) is 0. The predicted octanol–water partition coefficient (Wildman–Crippen LogP) is 5.69. The molecule has 4 N–H and O–H groups in total. The first kappa shape index (κ1) is 45.4. The van der Waals surface area contributed by atoms with Crippen LogP contribution in [0.3, 0.4) is 0 Å². The highest BCUT2D eigenvalue weighted by molar-refractivity contribution is 7.98. The molecule has 2 aromatic carbocycles. The number of thioether (sulfide) groups is 1. The van der Waals surface area contributed by atoms with Gasteiger partial charge in [-0.3, -0.25) is 34.5 Å². The van der Waals surface area contributed by atoms with Crippen molar-refractivity contribution in [1.29, 1.82) is 0 Å². The number of halogens is 2. The van der Waals surface area contributed by atoms with Gasteiger partial charge in [0.15, 0.2) is 23.0 Å². The quantitative estimate of drug-likeness (QED) is 0.0462. The van der Waals surface area contributed by atoms with Crippen LogP contribution in [-0.2, 0) is 30.9 Å². The predicted molar refractivity (Wildman–Crippen MR) is 233 cm³/mol. The van der Waals surface area contributed by atoms with E-state index in [4.69, 9.17) is 9.47 Å². The van der Waals surface area contributed by atoms with Crippen LogP contribution in [0.1, 0.15) is 73.3 Å². The molecule has 0 bridgehead atoms. The number of carbonyl (C=O) groups is 4. The maximum absolute atomic E-state index is 15.3. The zero-order valence-corrected chi connectivity index (χ0v) is 36.6. The van der Waals surface area contributed by atoms with Gasteiger partial charge in [0.1, 0.15) is 11.3 Å². The molecule has 0 atom stereocenters. The lowest BCUT2D eigenvalue weighted by Crippen LogP contribution is -2.37. The zero-order chi connectivity index (χ0) is 45.8. The van der Waals surface area contributed by atoms with Gasteiger partial charge in [-0.15, -0.1) is 11.8 Å². The molecule has 0 unspecified atom stereocenters. The molecular weight excluding hydrogens is 857 g/mol. The third-order valence-corrected chi connectivity index (χ3v) is 11.4. The second-order valence-corrected chi connectivity index (χ2v) is 15.6. The molecule has 0 spiro atoms. The van der Waals surface area contributed by atoms with Gasteiger partial charge in [0, 0.05) is 50.7 Å². The molecule has 5 heterocycles. The standard InChI is InChI=1S/C42H47F2N11O8S/c1-6-54-35(31(43)23(3)49-54)37(56)47-41-45-27-19-25(39(58)59)21-29(63-16-10-11-51-14-17-62-18-15-51)33(27)52(41)12-8-9-13-53-34-28(20-26(40(60)61)22-30(34)64-5)46-42(53)48-38(57)36-32(44)24(4)50-55(36)7-2/h8-9,19-22H,6-7,10-18H2,1-5H3,(H,58,59)(H,60,61)(H,45,47,56)(H,46,48,57).